The number of amides is 1. The SMILES string of the molecule is COCCN(C)C(=O)C(C)C1CCCCN1. The standard InChI is InChI=1S/C12H24N2O2/c1-10(11-6-4-5-7-13-11)12(15)14(2)8-9-16-3/h10-11,13H,4-9H2,1-3H3. The molecule has 1 fully saturated rings. The van der Waals surface area contributed by atoms with Crippen molar-refractivity contribution in [2.24, 2.45) is 5.92 Å². The first-order chi connectivity index (χ1) is 7.66. The minimum atomic E-state index is 0.0714. The number of likely N-dealkylation sites (N-methyl/N-ethyl adjacent to an activating group) is 1. The van der Waals surface area contributed by atoms with Crippen LogP contribution in [0.2, 0.25) is 0 Å². The number of hydrogen-bond acceptors (Lipinski definition) is 3. The molecule has 0 aromatic heterocycles. The molecule has 16 heavy (non-hydrogen) atoms. The molecule has 1 aliphatic rings. The third-order valence-corrected chi connectivity index (χ3v) is 3.35. The van der Waals surface area contributed by atoms with Crippen molar-refractivity contribution in [2.45, 2.75) is 32.2 Å². The lowest BCUT2D eigenvalue weighted by molar-refractivity contribution is -0.135. The number of hydrogen-bond donors (Lipinski definition) is 1. The molecule has 2 unspecified atom stereocenters. The maximum atomic E-state index is 12.1. The molecule has 0 aliphatic carbocycles. The molecule has 1 heterocycles. The molecule has 1 rings (SSSR count). The number of ether oxygens (including phenoxy) is 1. The molecule has 2 atom stereocenters. The summed E-state index contributed by atoms with van der Waals surface area (Å²) in [6.45, 7) is 4.35. The van der Waals surface area contributed by atoms with Gasteiger partial charge in [-0.2, -0.15) is 0 Å². The van der Waals surface area contributed by atoms with E-state index in [1.165, 1.54) is 12.8 Å². The molecular formula is C12H24N2O2. The van der Waals surface area contributed by atoms with Crippen LogP contribution in [0.5, 0.6) is 0 Å². The molecule has 0 aromatic carbocycles. The van der Waals surface area contributed by atoms with Crippen molar-refractivity contribution in [3.63, 3.8) is 0 Å². The van der Waals surface area contributed by atoms with Gasteiger partial charge >= 0.3 is 0 Å². The summed E-state index contributed by atoms with van der Waals surface area (Å²) in [6.07, 6.45) is 3.58. The Morgan fingerprint density at radius 1 is 1.56 bits per heavy atom. The lowest BCUT2D eigenvalue weighted by Gasteiger charge is -2.30. The Morgan fingerprint density at radius 3 is 2.88 bits per heavy atom. The van der Waals surface area contributed by atoms with Gasteiger partial charge in [0.25, 0.3) is 0 Å². The Hall–Kier alpha value is -0.610. The molecule has 1 saturated heterocycles. The van der Waals surface area contributed by atoms with Gasteiger partial charge in [0, 0.05) is 26.7 Å². The van der Waals surface area contributed by atoms with Crippen LogP contribution in [0.25, 0.3) is 0 Å². The van der Waals surface area contributed by atoms with Gasteiger partial charge in [0.1, 0.15) is 0 Å². The van der Waals surface area contributed by atoms with E-state index in [0.717, 1.165) is 13.0 Å². The molecule has 1 amide bonds. The maximum absolute atomic E-state index is 12.1. The van der Waals surface area contributed by atoms with Crippen molar-refractivity contribution < 1.29 is 9.53 Å². The van der Waals surface area contributed by atoms with E-state index in [1.54, 1.807) is 12.0 Å². The second-order valence-corrected chi connectivity index (χ2v) is 4.60. The van der Waals surface area contributed by atoms with E-state index in [4.69, 9.17) is 4.74 Å². The fourth-order valence-corrected chi connectivity index (χ4v) is 2.16. The van der Waals surface area contributed by atoms with Crippen molar-refractivity contribution in [1.82, 2.24) is 10.2 Å². The summed E-state index contributed by atoms with van der Waals surface area (Å²) in [6, 6.07) is 0.353. The van der Waals surface area contributed by atoms with Crippen LogP contribution in [0.15, 0.2) is 0 Å². The van der Waals surface area contributed by atoms with Gasteiger partial charge in [-0.15, -0.1) is 0 Å². The van der Waals surface area contributed by atoms with Crippen LogP contribution >= 0.6 is 0 Å². The van der Waals surface area contributed by atoms with Gasteiger partial charge in [-0.05, 0) is 19.4 Å². The molecule has 4 heteroatoms. The maximum Gasteiger partial charge on any atom is 0.226 e. The molecule has 0 spiro atoms. The predicted octanol–water partition coefficient (Wildman–Crippen LogP) is 0.869. The second-order valence-electron chi connectivity index (χ2n) is 4.60. The normalized spacial score (nSPS) is 22.8. The third-order valence-electron chi connectivity index (χ3n) is 3.35. The highest BCUT2D eigenvalue weighted by atomic mass is 16.5. The topological polar surface area (TPSA) is 41.6 Å². The molecule has 1 N–H and O–H groups in total. The molecule has 0 bridgehead atoms. The number of carbonyl (C=O) groups is 1. The zero-order chi connectivity index (χ0) is 12.0. The van der Waals surface area contributed by atoms with Gasteiger partial charge in [0.2, 0.25) is 5.91 Å². The van der Waals surface area contributed by atoms with E-state index in [1.807, 2.05) is 14.0 Å². The lowest BCUT2D eigenvalue weighted by Crippen LogP contribution is -2.46. The first-order valence-corrected chi connectivity index (χ1v) is 6.14. The summed E-state index contributed by atoms with van der Waals surface area (Å²) in [5.41, 5.74) is 0. The van der Waals surface area contributed by atoms with E-state index >= 15 is 0 Å². The van der Waals surface area contributed by atoms with Gasteiger partial charge in [-0.3, -0.25) is 4.79 Å². The fraction of sp³-hybridized carbons (Fsp3) is 0.917. The summed E-state index contributed by atoms with van der Waals surface area (Å²) in [5, 5.41) is 3.43. The highest BCUT2D eigenvalue weighted by Gasteiger charge is 2.27. The smallest absolute Gasteiger partial charge is 0.226 e. The van der Waals surface area contributed by atoms with Crippen LogP contribution in [0.1, 0.15) is 26.2 Å². The minimum Gasteiger partial charge on any atom is -0.383 e. The largest absolute Gasteiger partial charge is 0.383 e. The van der Waals surface area contributed by atoms with Crippen molar-refractivity contribution >= 4 is 5.91 Å². The van der Waals surface area contributed by atoms with Crippen LogP contribution in [0.4, 0.5) is 0 Å². The van der Waals surface area contributed by atoms with Crippen molar-refractivity contribution in [1.29, 1.82) is 0 Å². The Morgan fingerprint density at radius 2 is 2.31 bits per heavy atom. The number of carbonyl (C=O) groups excluding carboxylic acids is 1. The summed E-state index contributed by atoms with van der Waals surface area (Å²) in [4.78, 5) is 13.8. The average molecular weight is 228 g/mol. The Balaban J connectivity index is 2.38. The second kappa shape index (κ2) is 6.86. The van der Waals surface area contributed by atoms with E-state index in [-0.39, 0.29) is 11.8 Å². The van der Waals surface area contributed by atoms with Gasteiger partial charge < -0.3 is 15.0 Å². The van der Waals surface area contributed by atoms with Gasteiger partial charge in [-0.25, -0.2) is 0 Å². The number of rotatable bonds is 5. The van der Waals surface area contributed by atoms with E-state index in [2.05, 4.69) is 5.32 Å². The summed E-state index contributed by atoms with van der Waals surface area (Å²) in [5.74, 6) is 0.290. The Bertz CT molecular complexity index is 215. The molecule has 4 nitrogen and oxygen atoms in total. The van der Waals surface area contributed by atoms with Crippen LogP contribution < -0.4 is 5.32 Å². The molecule has 0 radical (unpaired) electrons. The first-order valence-electron chi connectivity index (χ1n) is 6.14. The Kier molecular flexibility index (Phi) is 5.77. The Labute approximate surface area is 98.3 Å². The zero-order valence-electron chi connectivity index (χ0n) is 10.7. The lowest BCUT2D eigenvalue weighted by atomic mass is 9.92. The summed E-state index contributed by atoms with van der Waals surface area (Å²) in [7, 11) is 3.51. The van der Waals surface area contributed by atoms with Crippen molar-refractivity contribution in [3.05, 3.63) is 0 Å². The molecule has 1 aliphatic heterocycles. The van der Waals surface area contributed by atoms with Crippen LogP contribution in [0, 0.1) is 5.92 Å². The van der Waals surface area contributed by atoms with Crippen molar-refractivity contribution in [3.8, 4) is 0 Å². The van der Waals surface area contributed by atoms with Crippen LogP contribution in [-0.4, -0.2) is 50.7 Å². The zero-order valence-corrected chi connectivity index (χ0v) is 10.7. The number of methoxy groups -OCH3 is 1. The molecule has 94 valence electrons. The van der Waals surface area contributed by atoms with Crippen molar-refractivity contribution in [2.75, 3.05) is 33.9 Å². The number of nitrogens with one attached hydrogen (secondary N) is 1. The predicted molar refractivity (Wildman–Crippen MR) is 64.3 cm³/mol. The van der Waals surface area contributed by atoms with Gasteiger partial charge in [0.05, 0.1) is 12.5 Å². The highest BCUT2D eigenvalue weighted by Crippen LogP contribution is 2.16. The summed E-state index contributed by atoms with van der Waals surface area (Å²) < 4.78 is 4.98. The number of nitrogens with zero attached hydrogens (tertiary/aromatic N) is 1. The molecule has 0 saturated carbocycles. The molecule has 0 aromatic rings. The molecular weight excluding hydrogens is 204 g/mol. The van der Waals surface area contributed by atoms with E-state index in [0.29, 0.717) is 19.2 Å². The highest BCUT2D eigenvalue weighted by molar-refractivity contribution is 5.79. The monoisotopic (exact) mass is 228 g/mol. The van der Waals surface area contributed by atoms with Gasteiger partial charge in [-0.1, -0.05) is 13.3 Å². The van der Waals surface area contributed by atoms with E-state index < -0.39 is 0 Å². The first kappa shape index (κ1) is 13.5. The summed E-state index contributed by atoms with van der Waals surface area (Å²) >= 11 is 0. The number of piperidine rings is 1. The quantitative estimate of drug-likeness (QED) is 0.759. The minimum absolute atomic E-state index is 0.0714. The van der Waals surface area contributed by atoms with Gasteiger partial charge in [0.15, 0.2) is 0 Å². The van der Waals surface area contributed by atoms with Crippen LogP contribution in [0.3, 0.4) is 0 Å². The average Bonchev–Trinajstić information content (AvgIpc) is 2.35. The third kappa shape index (κ3) is 3.76. The van der Waals surface area contributed by atoms with Crippen LogP contribution in [-0.2, 0) is 9.53 Å². The fourth-order valence-electron chi connectivity index (χ4n) is 2.16. The van der Waals surface area contributed by atoms with E-state index in [9.17, 15) is 4.79 Å².